The van der Waals surface area contributed by atoms with Crippen molar-refractivity contribution in [1.29, 1.82) is 0 Å². The predicted molar refractivity (Wildman–Crippen MR) is 54.1 cm³/mol. The zero-order valence-electron chi connectivity index (χ0n) is 8.65. The molecule has 4 atom stereocenters. The highest BCUT2D eigenvalue weighted by molar-refractivity contribution is 5.72. The summed E-state index contributed by atoms with van der Waals surface area (Å²) in [5.41, 5.74) is 5.46. The minimum Gasteiger partial charge on any atom is -0.391 e. The maximum absolute atomic E-state index is 11.1. The number of fused-ring (bicyclic) bond motifs is 1. The Bertz CT molecular complexity index is 309. The number of aliphatic hydroxyl groups excluding tert-OH is 1. The van der Waals surface area contributed by atoms with Crippen LogP contribution < -0.4 is 11.1 Å². The number of carbonyl (C=O) groups excluding carboxylic acids is 1. The minimum atomic E-state index is -0.318. The summed E-state index contributed by atoms with van der Waals surface area (Å²) in [6.45, 7) is 3.11. The molecule has 0 aromatic rings. The van der Waals surface area contributed by atoms with Gasteiger partial charge in [0.15, 0.2) is 0 Å². The van der Waals surface area contributed by atoms with E-state index in [1.165, 1.54) is 0 Å². The second kappa shape index (κ2) is 2.86. The number of amides is 2. The number of hydrogen-bond acceptors (Lipinski definition) is 3. The van der Waals surface area contributed by atoms with Crippen molar-refractivity contribution in [3.63, 3.8) is 0 Å². The summed E-state index contributed by atoms with van der Waals surface area (Å²) in [4.78, 5) is 12.8. The summed E-state index contributed by atoms with van der Waals surface area (Å²) in [5, 5.41) is 13.1. The van der Waals surface area contributed by atoms with E-state index in [4.69, 9.17) is 5.73 Å². The monoisotopic (exact) mass is 211 g/mol. The molecule has 3 rings (SSSR count). The van der Waals surface area contributed by atoms with E-state index in [1.54, 1.807) is 4.90 Å². The maximum atomic E-state index is 11.1. The zero-order valence-corrected chi connectivity index (χ0v) is 8.65. The first-order valence-electron chi connectivity index (χ1n) is 5.56. The lowest BCUT2D eigenvalue weighted by Gasteiger charge is -2.25. The van der Waals surface area contributed by atoms with Gasteiger partial charge in [0.1, 0.15) is 0 Å². The molecule has 0 aromatic heterocycles. The Labute approximate surface area is 88.6 Å². The maximum Gasteiger partial charge on any atom is 0.314 e. The Morgan fingerprint density at radius 2 is 2.33 bits per heavy atom. The standard InChI is InChI=1S/C10H17N3O2/c11-9(15)13-4-6-1-10(6,5-13)7-2-12-3-8(7)14/h6-8,12,14H,1-5H2,(H2,11,15)/t6?,7-,8+,10?/m1/s1. The fourth-order valence-electron chi connectivity index (χ4n) is 3.52. The number of carbonyl (C=O) groups is 1. The second-order valence-electron chi connectivity index (χ2n) is 5.19. The number of urea groups is 1. The average molecular weight is 211 g/mol. The third kappa shape index (κ3) is 1.19. The zero-order chi connectivity index (χ0) is 10.6. The lowest BCUT2D eigenvalue weighted by atomic mass is 9.85. The molecule has 3 aliphatic rings. The van der Waals surface area contributed by atoms with Crippen molar-refractivity contribution >= 4 is 6.03 Å². The predicted octanol–water partition coefficient (Wildman–Crippen LogP) is -1.03. The molecular weight excluding hydrogens is 194 g/mol. The molecule has 2 amide bonds. The Hall–Kier alpha value is -0.810. The van der Waals surface area contributed by atoms with Crippen molar-refractivity contribution in [3.8, 4) is 0 Å². The molecule has 0 radical (unpaired) electrons. The number of nitrogens with two attached hydrogens (primary N) is 1. The van der Waals surface area contributed by atoms with E-state index < -0.39 is 0 Å². The van der Waals surface area contributed by atoms with Crippen LogP contribution >= 0.6 is 0 Å². The Kier molecular flexibility index (Phi) is 1.79. The summed E-state index contributed by atoms with van der Waals surface area (Å²) >= 11 is 0. The van der Waals surface area contributed by atoms with Gasteiger partial charge < -0.3 is 21.1 Å². The van der Waals surface area contributed by atoms with Crippen LogP contribution in [-0.2, 0) is 0 Å². The second-order valence-corrected chi connectivity index (χ2v) is 5.19. The molecule has 1 aliphatic carbocycles. The number of piperidine rings is 1. The number of primary amides is 1. The summed E-state index contributed by atoms with van der Waals surface area (Å²) in [7, 11) is 0. The van der Waals surface area contributed by atoms with Crippen molar-refractivity contribution in [2.75, 3.05) is 26.2 Å². The molecule has 1 saturated carbocycles. The minimum absolute atomic E-state index is 0.179. The van der Waals surface area contributed by atoms with Crippen LogP contribution in [-0.4, -0.2) is 48.3 Å². The molecule has 0 bridgehead atoms. The normalized spacial score (nSPS) is 48.1. The van der Waals surface area contributed by atoms with Crippen LogP contribution in [0, 0.1) is 17.3 Å². The third-order valence-corrected chi connectivity index (χ3v) is 4.44. The fraction of sp³-hybridized carbons (Fsp3) is 0.900. The Balaban J connectivity index is 1.75. The topological polar surface area (TPSA) is 78.6 Å². The molecule has 5 heteroatoms. The molecule has 0 aromatic carbocycles. The fourth-order valence-corrected chi connectivity index (χ4v) is 3.52. The highest BCUT2D eigenvalue weighted by Crippen LogP contribution is 2.63. The van der Waals surface area contributed by atoms with Gasteiger partial charge in [0, 0.05) is 32.1 Å². The van der Waals surface area contributed by atoms with Crippen LogP contribution in [0.3, 0.4) is 0 Å². The van der Waals surface area contributed by atoms with E-state index in [9.17, 15) is 9.90 Å². The lowest BCUT2D eigenvalue weighted by molar-refractivity contribution is 0.0984. The number of nitrogens with zero attached hydrogens (tertiary/aromatic N) is 1. The number of nitrogens with one attached hydrogen (secondary N) is 1. The van der Waals surface area contributed by atoms with E-state index in [2.05, 4.69) is 5.32 Å². The molecular formula is C10H17N3O2. The Morgan fingerprint density at radius 3 is 2.87 bits per heavy atom. The molecule has 2 aliphatic heterocycles. The van der Waals surface area contributed by atoms with Gasteiger partial charge in [-0.05, 0) is 17.8 Å². The van der Waals surface area contributed by atoms with Crippen LogP contribution in [0.2, 0.25) is 0 Å². The molecule has 5 nitrogen and oxygen atoms in total. The number of β-amino-alcohol motifs (C(OH)–C–C–N with tert-alkyl or cyclic N) is 1. The highest BCUT2D eigenvalue weighted by Gasteiger charge is 2.65. The number of hydrogen-bond donors (Lipinski definition) is 3. The molecule has 0 spiro atoms. The number of likely N-dealkylation sites (tertiary alicyclic amines) is 1. The highest BCUT2D eigenvalue weighted by atomic mass is 16.3. The van der Waals surface area contributed by atoms with Gasteiger partial charge in [0.2, 0.25) is 0 Å². The molecule has 3 fully saturated rings. The molecule has 84 valence electrons. The largest absolute Gasteiger partial charge is 0.391 e. The summed E-state index contributed by atoms with van der Waals surface area (Å²) in [6.07, 6.45) is 0.906. The van der Waals surface area contributed by atoms with Gasteiger partial charge in [-0.1, -0.05) is 0 Å². The van der Waals surface area contributed by atoms with Crippen LogP contribution in [0.1, 0.15) is 6.42 Å². The number of aliphatic hydroxyl groups is 1. The summed E-state index contributed by atoms with van der Waals surface area (Å²) in [5.74, 6) is 0.886. The van der Waals surface area contributed by atoms with Crippen molar-refractivity contribution < 1.29 is 9.90 Å². The van der Waals surface area contributed by atoms with Gasteiger partial charge in [-0.2, -0.15) is 0 Å². The van der Waals surface area contributed by atoms with E-state index in [0.29, 0.717) is 18.4 Å². The van der Waals surface area contributed by atoms with Gasteiger partial charge in [-0.3, -0.25) is 0 Å². The number of rotatable bonds is 1. The smallest absolute Gasteiger partial charge is 0.314 e. The first-order chi connectivity index (χ1) is 7.13. The molecule has 15 heavy (non-hydrogen) atoms. The lowest BCUT2D eigenvalue weighted by Crippen LogP contribution is -2.39. The molecule has 2 heterocycles. The van der Waals surface area contributed by atoms with E-state index in [-0.39, 0.29) is 17.6 Å². The summed E-state index contributed by atoms with van der Waals surface area (Å²) < 4.78 is 0. The van der Waals surface area contributed by atoms with Gasteiger partial charge in [-0.25, -0.2) is 4.79 Å². The van der Waals surface area contributed by atoms with Crippen LogP contribution in [0.25, 0.3) is 0 Å². The van der Waals surface area contributed by atoms with E-state index in [0.717, 1.165) is 26.1 Å². The molecule has 2 saturated heterocycles. The van der Waals surface area contributed by atoms with E-state index >= 15 is 0 Å². The first kappa shape index (κ1) is 9.42. The van der Waals surface area contributed by atoms with Gasteiger partial charge >= 0.3 is 6.03 Å². The van der Waals surface area contributed by atoms with Gasteiger partial charge in [0.25, 0.3) is 0 Å². The van der Waals surface area contributed by atoms with Crippen molar-refractivity contribution in [1.82, 2.24) is 10.2 Å². The Morgan fingerprint density at radius 1 is 1.53 bits per heavy atom. The van der Waals surface area contributed by atoms with Crippen molar-refractivity contribution in [2.24, 2.45) is 23.0 Å². The van der Waals surface area contributed by atoms with Crippen LogP contribution in [0.5, 0.6) is 0 Å². The third-order valence-electron chi connectivity index (χ3n) is 4.44. The SMILES string of the molecule is NC(=O)N1CC2CC2([C@@H]2CNC[C@@H]2O)C1. The first-order valence-corrected chi connectivity index (χ1v) is 5.56. The van der Waals surface area contributed by atoms with E-state index in [1.807, 2.05) is 0 Å². The van der Waals surface area contributed by atoms with Crippen molar-refractivity contribution in [3.05, 3.63) is 0 Å². The van der Waals surface area contributed by atoms with Gasteiger partial charge in [0.05, 0.1) is 6.10 Å². The summed E-state index contributed by atoms with van der Waals surface area (Å²) in [6, 6.07) is -0.318. The molecule has 2 unspecified atom stereocenters. The average Bonchev–Trinajstić information content (AvgIpc) is 2.61. The van der Waals surface area contributed by atoms with Gasteiger partial charge in [-0.15, -0.1) is 0 Å². The van der Waals surface area contributed by atoms with Crippen LogP contribution in [0.4, 0.5) is 4.79 Å². The van der Waals surface area contributed by atoms with Crippen LogP contribution in [0.15, 0.2) is 0 Å². The quantitative estimate of drug-likeness (QED) is 0.519. The molecule has 4 N–H and O–H groups in total. The van der Waals surface area contributed by atoms with Crippen molar-refractivity contribution in [2.45, 2.75) is 12.5 Å².